The number of carbonyl (C=O) groups is 1. The number of nitrogens with one attached hydrogen (secondary N) is 2. The molecule has 2 atom stereocenters. The molecule has 1 saturated carbocycles. The molecule has 8 heteroatoms. The van der Waals surface area contributed by atoms with Gasteiger partial charge in [0, 0.05) is 18.3 Å². The van der Waals surface area contributed by atoms with Gasteiger partial charge in [0.05, 0.1) is 17.4 Å². The van der Waals surface area contributed by atoms with Crippen LogP contribution in [0.15, 0.2) is 24.5 Å². The number of hydrogen-bond acceptors (Lipinski definition) is 6. The van der Waals surface area contributed by atoms with Gasteiger partial charge in [0.1, 0.15) is 5.82 Å². The molecule has 1 amide bonds. The number of aromatic nitrogens is 2. The molecule has 0 bridgehead atoms. The number of nitrogens with two attached hydrogens (primary N) is 2. The lowest BCUT2D eigenvalue weighted by Crippen LogP contribution is -2.43. The lowest BCUT2D eigenvalue weighted by atomic mass is 9.91. The minimum atomic E-state index is -0.763. The number of hydrogen-bond donors (Lipinski definition) is 4. The van der Waals surface area contributed by atoms with E-state index in [1.54, 1.807) is 12.4 Å². The number of halogens is 1. The van der Waals surface area contributed by atoms with E-state index in [1.807, 2.05) is 13.0 Å². The second-order valence-corrected chi connectivity index (χ2v) is 6.65. The molecule has 0 spiro atoms. The van der Waals surface area contributed by atoms with E-state index >= 15 is 0 Å². The van der Waals surface area contributed by atoms with E-state index in [1.165, 1.54) is 0 Å². The molecule has 0 radical (unpaired) electrons. The van der Waals surface area contributed by atoms with Gasteiger partial charge in [-0.2, -0.15) is 0 Å². The molecule has 6 N–H and O–H groups in total. The topological polar surface area (TPSA) is 119 Å². The number of carbonyl (C=O) groups excluding carboxylic acids is 1. The Bertz CT molecular complexity index is 812. The number of amides is 1. The first kappa shape index (κ1) is 18.1. The Labute approximate surface area is 151 Å². The Hall–Kier alpha value is -2.74. The van der Waals surface area contributed by atoms with Gasteiger partial charge in [-0.25, -0.2) is 9.37 Å². The van der Waals surface area contributed by atoms with E-state index in [-0.39, 0.29) is 29.3 Å². The second-order valence-electron chi connectivity index (χ2n) is 6.65. The summed E-state index contributed by atoms with van der Waals surface area (Å²) < 4.78 is 14.5. The summed E-state index contributed by atoms with van der Waals surface area (Å²) in [6.45, 7) is 1.89. The standard InChI is InChI=1S/C18H23FN6O/c1-10-6-11(9-22-8-10)23-17-12(16(21)26)7-13(19)18(25-17)24-15-5-3-2-4-14(15)20/h6-9,14-15H,2-5,20H2,1H3,(H2,21,26)(H2,23,24,25)/t14-,15?/m0/s1. The van der Waals surface area contributed by atoms with E-state index in [9.17, 15) is 9.18 Å². The molecular weight excluding hydrogens is 335 g/mol. The third-order valence-corrected chi connectivity index (χ3v) is 4.52. The van der Waals surface area contributed by atoms with Crippen LogP contribution in [0.1, 0.15) is 41.6 Å². The van der Waals surface area contributed by atoms with Crippen LogP contribution in [0, 0.1) is 12.7 Å². The quantitative estimate of drug-likeness (QED) is 0.652. The molecule has 1 aliphatic carbocycles. The Kier molecular flexibility index (Phi) is 5.32. The van der Waals surface area contributed by atoms with Crippen LogP contribution in [0.2, 0.25) is 0 Å². The van der Waals surface area contributed by atoms with Gasteiger partial charge in [-0.3, -0.25) is 9.78 Å². The molecule has 1 aliphatic rings. The Morgan fingerprint density at radius 2 is 2.00 bits per heavy atom. The first-order valence-electron chi connectivity index (χ1n) is 8.65. The highest BCUT2D eigenvalue weighted by Crippen LogP contribution is 2.26. The average molecular weight is 358 g/mol. The summed E-state index contributed by atoms with van der Waals surface area (Å²) in [7, 11) is 0. The monoisotopic (exact) mass is 358 g/mol. The number of pyridine rings is 2. The van der Waals surface area contributed by atoms with Crippen LogP contribution in [0.3, 0.4) is 0 Å². The minimum Gasteiger partial charge on any atom is -0.365 e. The number of rotatable bonds is 5. The molecule has 2 aromatic rings. The summed E-state index contributed by atoms with van der Waals surface area (Å²) in [4.78, 5) is 20.1. The molecule has 3 rings (SSSR count). The fraction of sp³-hybridized carbons (Fsp3) is 0.389. The minimum absolute atomic E-state index is 0.0255. The van der Waals surface area contributed by atoms with Crippen LogP contribution in [0.5, 0.6) is 0 Å². The van der Waals surface area contributed by atoms with Gasteiger partial charge >= 0.3 is 0 Å². The van der Waals surface area contributed by atoms with Gasteiger partial charge in [-0.05, 0) is 37.5 Å². The van der Waals surface area contributed by atoms with Crippen molar-refractivity contribution in [3.8, 4) is 0 Å². The molecule has 2 heterocycles. The lowest BCUT2D eigenvalue weighted by Gasteiger charge is -2.30. The van der Waals surface area contributed by atoms with Gasteiger partial charge < -0.3 is 22.1 Å². The molecule has 7 nitrogen and oxygen atoms in total. The van der Waals surface area contributed by atoms with Crippen molar-refractivity contribution in [1.29, 1.82) is 0 Å². The van der Waals surface area contributed by atoms with Gasteiger partial charge in [0.15, 0.2) is 11.6 Å². The van der Waals surface area contributed by atoms with Crippen molar-refractivity contribution in [2.24, 2.45) is 11.5 Å². The molecule has 1 fully saturated rings. The van der Waals surface area contributed by atoms with Crippen molar-refractivity contribution in [2.45, 2.75) is 44.7 Å². The maximum Gasteiger partial charge on any atom is 0.252 e. The molecule has 138 valence electrons. The Morgan fingerprint density at radius 1 is 1.23 bits per heavy atom. The summed E-state index contributed by atoms with van der Waals surface area (Å²) in [5.74, 6) is -1.16. The predicted octanol–water partition coefficient (Wildman–Crippen LogP) is 2.45. The lowest BCUT2D eigenvalue weighted by molar-refractivity contribution is 0.100. The van der Waals surface area contributed by atoms with Crippen molar-refractivity contribution >= 4 is 23.2 Å². The van der Waals surface area contributed by atoms with E-state index in [0.29, 0.717) is 5.69 Å². The molecular formula is C18H23FN6O. The van der Waals surface area contributed by atoms with Crippen molar-refractivity contribution in [1.82, 2.24) is 9.97 Å². The Balaban J connectivity index is 1.92. The molecule has 0 aromatic carbocycles. The average Bonchev–Trinajstić information content (AvgIpc) is 2.59. The van der Waals surface area contributed by atoms with Crippen LogP contribution in [0.4, 0.5) is 21.7 Å². The highest BCUT2D eigenvalue weighted by atomic mass is 19.1. The normalized spacial score (nSPS) is 19.8. The van der Waals surface area contributed by atoms with Crippen molar-refractivity contribution < 1.29 is 9.18 Å². The van der Waals surface area contributed by atoms with Crippen molar-refractivity contribution in [3.63, 3.8) is 0 Å². The maximum atomic E-state index is 14.5. The van der Waals surface area contributed by atoms with Crippen LogP contribution in [-0.4, -0.2) is 28.0 Å². The zero-order valence-electron chi connectivity index (χ0n) is 14.6. The van der Waals surface area contributed by atoms with E-state index in [0.717, 1.165) is 37.3 Å². The number of nitrogens with zero attached hydrogens (tertiary/aromatic N) is 2. The fourth-order valence-corrected chi connectivity index (χ4v) is 3.15. The SMILES string of the molecule is Cc1cncc(Nc2nc(NC3CCCC[C@@H]3N)c(F)cc2C(N)=O)c1. The van der Waals surface area contributed by atoms with E-state index < -0.39 is 11.7 Å². The summed E-state index contributed by atoms with van der Waals surface area (Å²) in [5.41, 5.74) is 13.0. The summed E-state index contributed by atoms with van der Waals surface area (Å²) in [6.07, 6.45) is 7.14. The third kappa shape index (κ3) is 4.08. The third-order valence-electron chi connectivity index (χ3n) is 4.52. The summed E-state index contributed by atoms with van der Waals surface area (Å²) >= 11 is 0. The van der Waals surface area contributed by atoms with Gasteiger partial charge in [-0.15, -0.1) is 0 Å². The van der Waals surface area contributed by atoms with Crippen molar-refractivity contribution in [2.75, 3.05) is 10.6 Å². The highest BCUT2D eigenvalue weighted by Gasteiger charge is 2.24. The van der Waals surface area contributed by atoms with E-state index in [2.05, 4.69) is 20.6 Å². The Morgan fingerprint density at radius 3 is 2.69 bits per heavy atom. The van der Waals surface area contributed by atoms with Crippen LogP contribution in [0.25, 0.3) is 0 Å². The van der Waals surface area contributed by atoms with Gasteiger partial charge in [0.2, 0.25) is 0 Å². The van der Waals surface area contributed by atoms with Crippen LogP contribution >= 0.6 is 0 Å². The second kappa shape index (κ2) is 7.65. The van der Waals surface area contributed by atoms with Gasteiger partial charge in [0.25, 0.3) is 5.91 Å². The number of anilines is 3. The fourth-order valence-electron chi connectivity index (χ4n) is 3.15. The first-order chi connectivity index (χ1) is 12.4. The maximum absolute atomic E-state index is 14.5. The van der Waals surface area contributed by atoms with Crippen LogP contribution in [-0.2, 0) is 0 Å². The van der Waals surface area contributed by atoms with Gasteiger partial charge in [-0.1, -0.05) is 12.8 Å². The van der Waals surface area contributed by atoms with Crippen molar-refractivity contribution in [3.05, 3.63) is 41.5 Å². The summed E-state index contributed by atoms with van der Waals surface area (Å²) in [5, 5.41) is 6.08. The zero-order chi connectivity index (χ0) is 18.7. The summed E-state index contributed by atoms with van der Waals surface area (Å²) in [6, 6.07) is 2.82. The largest absolute Gasteiger partial charge is 0.365 e. The number of aryl methyl sites for hydroxylation is 1. The zero-order valence-corrected chi connectivity index (χ0v) is 14.6. The van der Waals surface area contributed by atoms with Crippen LogP contribution < -0.4 is 22.1 Å². The molecule has 0 saturated heterocycles. The molecule has 1 unspecified atom stereocenters. The van der Waals surface area contributed by atoms with E-state index in [4.69, 9.17) is 11.5 Å². The molecule has 0 aliphatic heterocycles. The first-order valence-corrected chi connectivity index (χ1v) is 8.65. The number of primary amides is 1. The molecule has 26 heavy (non-hydrogen) atoms. The predicted molar refractivity (Wildman–Crippen MR) is 98.8 cm³/mol. The highest BCUT2D eigenvalue weighted by molar-refractivity contribution is 5.98. The molecule has 2 aromatic heterocycles. The smallest absolute Gasteiger partial charge is 0.252 e.